The maximum atomic E-state index is 13.4. The molecule has 0 spiro atoms. The molecule has 1 aliphatic heterocycles. The van der Waals surface area contributed by atoms with Crippen molar-refractivity contribution in [3.63, 3.8) is 0 Å². The summed E-state index contributed by atoms with van der Waals surface area (Å²) in [5.74, 6) is -1.98. The van der Waals surface area contributed by atoms with Crippen LogP contribution >= 0.6 is 11.3 Å². The Morgan fingerprint density at radius 1 is 1.20 bits per heavy atom. The van der Waals surface area contributed by atoms with Gasteiger partial charge < -0.3 is 0 Å². The molecule has 0 atom stereocenters. The van der Waals surface area contributed by atoms with Crippen LogP contribution in [0.4, 0.5) is 14.5 Å². The van der Waals surface area contributed by atoms with Crippen LogP contribution in [0.2, 0.25) is 0 Å². The molecule has 0 unspecified atom stereocenters. The van der Waals surface area contributed by atoms with Gasteiger partial charge in [0.15, 0.2) is 11.6 Å². The Bertz CT molecular complexity index is 742. The predicted octanol–water partition coefficient (Wildman–Crippen LogP) is 3.17. The molecule has 7 heteroatoms. The lowest BCUT2D eigenvalue weighted by atomic mass is 10.0. The number of thiophene rings is 1. The second kappa shape index (κ2) is 4.82. The van der Waals surface area contributed by atoms with E-state index in [9.17, 15) is 17.2 Å². The van der Waals surface area contributed by atoms with Crippen molar-refractivity contribution in [3.05, 3.63) is 46.8 Å². The van der Waals surface area contributed by atoms with Crippen molar-refractivity contribution < 1.29 is 17.2 Å². The van der Waals surface area contributed by atoms with E-state index in [4.69, 9.17) is 0 Å². The molecule has 0 N–H and O–H groups in total. The van der Waals surface area contributed by atoms with E-state index in [0.717, 1.165) is 23.5 Å². The molecule has 106 valence electrons. The molecule has 3 nitrogen and oxygen atoms in total. The van der Waals surface area contributed by atoms with Crippen LogP contribution in [0.3, 0.4) is 0 Å². The van der Waals surface area contributed by atoms with Gasteiger partial charge in [0.2, 0.25) is 0 Å². The molecule has 0 bridgehead atoms. The number of halogens is 2. The normalized spacial score (nSPS) is 15.2. The number of hydrogen-bond donors (Lipinski definition) is 0. The maximum absolute atomic E-state index is 13.4. The summed E-state index contributed by atoms with van der Waals surface area (Å²) in [5.41, 5.74) is 0.763. The van der Waals surface area contributed by atoms with E-state index in [1.54, 1.807) is 11.4 Å². The highest BCUT2D eigenvalue weighted by Crippen LogP contribution is 2.34. The zero-order valence-corrected chi connectivity index (χ0v) is 12.0. The number of sulfonamides is 1. The molecule has 0 saturated heterocycles. The number of aryl methyl sites for hydroxylation is 1. The first kappa shape index (κ1) is 13.5. The molecule has 0 saturated carbocycles. The molecule has 0 amide bonds. The van der Waals surface area contributed by atoms with Gasteiger partial charge in [0.25, 0.3) is 10.0 Å². The van der Waals surface area contributed by atoms with Gasteiger partial charge in [-0.1, -0.05) is 6.07 Å². The van der Waals surface area contributed by atoms with Gasteiger partial charge in [-0.05, 0) is 35.9 Å². The Hall–Kier alpha value is -1.47. The molecule has 3 rings (SSSR count). The Kier molecular flexibility index (Phi) is 3.25. The van der Waals surface area contributed by atoms with Crippen molar-refractivity contribution in [2.45, 2.75) is 17.1 Å². The molecule has 2 heterocycles. The van der Waals surface area contributed by atoms with E-state index in [-0.39, 0.29) is 16.4 Å². The van der Waals surface area contributed by atoms with Crippen molar-refractivity contribution >= 4 is 27.0 Å². The average Bonchev–Trinajstić information content (AvgIpc) is 2.94. The van der Waals surface area contributed by atoms with Crippen LogP contribution in [0.25, 0.3) is 0 Å². The molecule has 0 aliphatic carbocycles. The minimum Gasteiger partial charge on any atom is -0.265 e. The van der Waals surface area contributed by atoms with Gasteiger partial charge in [-0.25, -0.2) is 17.2 Å². The Labute approximate surface area is 119 Å². The van der Waals surface area contributed by atoms with Crippen LogP contribution in [0, 0.1) is 11.6 Å². The summed E-state index contributed by atoms with van der Waals surface area (Å²) >= 11 is 1.11. The Morgan fingerprint density at radius 3 is 2.65 bits per heavy atom. The van der Waals surface area contributed by atoms with Crippen LogP contribution in [0.1, 0.15) is 12.0 Å². The summed E-state index contributed by atoms with van der Waals surface area (Å²) in [7, 11) is -3.70. The predicted molar refractivity (Wildman–Crippen MR) is 73.5 cm³/mol. The average molecular weight is 315 g/mol. The lowest BCUT2D eigenvalue weighted by molar-refractivity contribution is 0.505. The van der Waals surface area contributed by atoms with Crippen molar-refractivity contribution in [2.24, 2.45) is 0 Å². The number of anilines is 1. The third kappa shape index (κ3) is 2.10. The van der Waals surface area contributed by atoms with Crippen molar-refractivity contribution in [1.29, 1.82) is 0 Å². The van der Waals surface area contributed by atoms with Crippen LogP contribution in [0.15, 0.2) is 33.9 Å². The molecule has 20 heavy (non-hydrogen) atoms. The number of benzene rings is 1. The van der Waals surface area contributed by atoms with E-state index < -0.39 is 21.7 Å². The molecule has 1 aromatic heterocycles. The van der Waals surface area contributed by atoms with Gasteiger partial charge in [-0.2, -0.15) is 0 Å². The fourth-order valence-corrected chi connectivity index (χ4v) is 4.95. The topological polar surface area (TPSA) is 37.4 Å². The van der Waals surface area contributed by atoms with E-state index in [1.807, 2.05) is 0 Å². The molecule has 0 radical (unpaired) electrons. The maximum Gasteiger partial charge on any atom is 0.273 e. The molecule has 2 aromatic rings. The highest BCUT2D eigenvalue weighted by Gasteiger charge is 2.30. The van der Waals surface area contributed by atoms with Crippen molar-refractivity contribution in [1.82, 2.24) is 0 Å². The van der Waals surface area contributed by atoms with Gasteiger partial charge in [-0.3, -0.25) is 4.31 Å². The van der Waals surface area contributed by atoms with Crippen molar-refractivity contribution in [3.8, 4) is 0 Å². The number of fused-ring (bicyclic) bond motifs is 1. The fraction of sp³-hybridized carbons (Fsp3) is 0.231. The fourth-order valence-electron chi connectivity index (χ4n) is 2.31. The SMILES string of the molecule is O=S(=O)(c1cccs1)N1CCCc2cc(F)c(F)cc21. The lowest BCUT2D eigenvalue weighted by Gasteiger charge is -2.30. The van der Waals surface area contributed by atoms with Gasteiger partial charge in [-0.15, -0.1) is 11.3 Å². The lowest BCUT2D eigenvalue weighted by Crippen LogP contribution is -2.35. The molecule has 1 aliphatic rings. The largest absolute Gasteiger partial charge is 0.273 e. The highest BCUT2D eigenvalue weighted by atomic mass is 32.2. The molecule has 0 fully saturated rings. The summed E-state index contributed by atoms with van der Waals surface area (Å²) in [4.78, 5) is 0. The second-order valence-corrected chi connectivity index (χ2v) is 7.54. The summed E-state index contributed by atoms with van der Waals surface area (Å²) in [6.07, 6.45) is 1.13. The summed E-state index contributed by atoms with van der Waals surface area (Å²) in [6, 6.07) is 5.21. The number of rotatable bonds is 2. The van der Waals surface area contributed by atoms with Gasteiger partial charge in [0, 0.05) is 12.6 Å². The minimum absolute atomic E-state index is 0.204. The van der Waals surface area contributed by atoms with Gasteiger partial charge in [0.05, 0.1) is 5.69 Å². The first-order valence-electron chi connectivity index (χ1n) is 6.04. The molecular weight excluding hydrogens is 304 g/mol. The monoisotopic (exact) mass is 315 g/mol. The first-order chi connectivity index (χ1) is 9.50. The van der Waals surface area contributed by atoms with E-state index in [2.05, 4.69) is 0 Å². The number of nitrogens with zero attached hydrogens (tertiary/aromatic N) is 1. The second-order valence-electron chi connectivity index (χ2n) is 4.51. The standard InChI is InChI=1S/C13H11F2NO2S2/c14-10-7-9-3-1-5-16(12(9)8-11(10)15)20(17,18)13-4-2-6-19-13/h2,4,6-8H,1,3,5H2. The third-order valence-corrected chi connectivity index (χ3v) is 6.42. The number of hydrogen-bond acceptors (Lipinski definition) is 3. The van der Waals surface area contributed by atoms with Crippen LogP contribution in [0.5, 0.6) is 0 Å². The zero-order valence-electron chi connectivity index (χ0n) is 10.3. The van der Waals surface area contributed by atoms with Crippen LogP contribution in [-0.4, -0.2) is 15.0 Å². The van der Waals surface area contributed by atoms with Crippen molar-refractivity contribution in [2.75, 3.05) is 10.8 Å². The van der Waals surface area contributed by atoms with Crippen LogP contribution in [-0.2, 0) is 16.4 Å². The highest BCUT2D eigenvalue weighted by molar-refractivity contribution is 7.94. The molecular formula is C13H11F2NO2S2. The zero-order chi connectivity index (χ0) is 14.3. The van der Waals surface area contributed by atoms with E-state index in [0.29, 0.717) is 18.4 Å². The Morgan fingerprint density at radius 2 is 1.95 bits per heavy atom. The van der Waals surface area contributed by atoms with E-state index >= 15 is 0 Å². The quantitative estimate of drug-likeness (QED) is 0.853. The molecule has 1 aromatic carbocycles. The minimum atomic E-state index is -3.70. The van der Waals surface area contributed by atoms with Gasteiger partial charge in [0.1, 0.15) is 4.21 Å². The summed E-state index contributed by atoms with van der Waals surface area (Å²) in [6.45, 7) is 0.276. The summed E-state index contributed by atoms with van der Waals surface area (Å²) in [5, 5.41) is 1.67. The summed E-state index contributed by atoms with van der Waals surface area (Å²) < 4.78 is 53.1. The first-order valence-corrected chi connectivity index (χ1v) is 8.36. The smallest absolute Gasteiger partial charge is 0.265 e. The van der Waals surface area contributed by atoms with Gasteiger partial charge >= 0.3 is 0 Å². The third-order valence-electron chi connectivity index (χ3n) is 3.24. The van der Waals surface area contributed by atoms with E-state index in [1.165, 1.54) is 10.4 Å². The van der Waals surface area contributed by atoms with Crippen LogP contribution < -0.4 is 4.31 Å². The Balaban J connectivity index is 2.13.